The van der Waals surface area contributed by atoms with Crippen LogP contribution in [-0.4, -0.2) is 25.5 Å². The van der Waals surface area contributed by atoms with Gasteiger partial charge in [0.15, 0.2) is 0 Å². The number of hydrogen-bond donors (Lipinski definition) is 1. The Bertz CT molecular complexity index is 249. The molecule has 0 fully saturated rings. The lowest BCUT2D eigenvalue weighted by Gasteiger charge is -2.18. The van der Waals surface area contributed by atoms with E-state index in [1.165, 1.54) is 4.88 Å². The Balaban J connectivity index is 2.39. The number of methoxy groups -OCH3 is 1. The molecule has 2 N–H and O–H groups in total. The van der Waals surface area contributed by atoms with Crippen LogP contribution < -0.4 is 5.73 Å². The summed E-state index contributed by atoms with van der Waals surface area (Å²) in [5.74, 6) is 1.11. The van der Waals surface area contributed by atoms with Crippen molar-refractivity contribution in [1.29, 1.82) is 0 Å². The molecule has 0 aliphatic carbocycles. The van der Waals surface area contributed by atoms with Crippen molar-refractivity contribution in [2.45, 2.75) is 24.6 Å². The normalized spacial score (nSPS) is 15.1. The minimum absolute atomic E-state index is 0.205. The molecule has 86 valence electrons. The molecule has 0 radical (unpaired) electrons. The van der Waals surface area contributed by atoms with Crippen LogP contribution in [0.3, 0.4) is 0 Å². The molecule has 2 unspecified atom stereocenters. The van der Waals surface area contributed by atoms with E-state index in [9.17, 15) is 0 Å². The quantitative estimate of drug-likeness (QED) is 0.750. The monoisotopic (exact) mass is 245 g/mol. The maximum atomic E-state index is 6.00. The lowest BCUT2D eigenvalue weighted by molar-refractivity contribution is 0.200. The molecule has 15 heavy (non-hydrogen) atoms. The molecule has 0 saturated carbocycles. The molecular weight excluding hydrogens is 226 g/mol. The summed E-state index contributed by atoms with van der Waals surface area (Å²) < 4.78 is 5.03. The van der Waals surface area contributed by atoms with E-state index in [1.807, 2.05) is 11.8 Å². The number of nitrogens with two attached hydrogens (primary N) is 1. The van der Waals surface area contributed by atoms with Crippen molar-refractivity contribution >= 4 is 23.1 Å². The average molecular weight is 245 g/mol. The van der Waals surface area contributed by atoms with Crippen LogP contribution in [0, 0.1) is 0 Å². The summed E-state index contributed by atoms with van der Waals surface area (Å²) >= 11 is 3.72. The number of thioether (sulfide) groups is 1. The zero-order chi connectivity index (χ0) is 11.1. The lowest BCUT2D eigenvalue weighted by Crippen LogP contribution is -2.22. The Labute approximate surface area is 100 Å². The topological polar surface area (TPSA) is 35.2 Å². The highest BCUT2D eigenvalue weighted by molar-refractivity contribution is 7.99. The fourth-order valence-corrected chi connectivity index (χ4v) is 3.64. The largest absolute Gasteiger partial charge is 0.385 e. The molecule has 0 amide bonds. The summed E-state index contributed by atoms with van der Waals surface area (Å²) in [4.78, 5) is 1.38. The summed E-state index contributed by atoms with van der Waals surface area (Å²) in [6.07, 6.45) is 1.09. The number of ether oxygens (including phenoxy) is 1. The van der Waals surface area contributed by atoms with E-state index in [0.29, 0.717) is 5.25 Å². The van der Waals surface area contributed by atoms with Crippen molar-refractivity contribution < 1.29 is 4.74 Å². The van der Waals surface area contributed by atoms with Gasteiger partial charge in [0.05, 0.1) is 5.25 Å². The van der Waals surface area contributed by atoms with Gasteiger partial charge in [-0.05, 0) is 30.5 Å². The smallest absolute Gasteiger partial charge is 0.0539 e. The van der Waals surface area contributed by atoms with Crippen LogP contribution >= 0.6 is 23.1 Å². The van der Waals surface area contributed by atoms with Crippen molar-refractivity contribution in [3.8, 4) is 0 Å². The third kappa shape index (κ3) is 4.55. The fraction of sp³-hybridized carbons (Fsp3) is 0.636. The van der Waals surface area contributed by atoms with E-state index in [1.54, 1.807) is 18.4 Å². The van der Waals surface area contributed by atoms with Crippen molar-refractivity contribution in [3.63, 3.8) is 0 Å². The minimum Gasteiger partial charge on any atom is -0.385 e. The summed E-state index contributed by atoms with van der Waals surface area (Å²) in [6, 6.07) is 4.46. The maximum Gasteiger partial charge on any atom is 0.0539 e. The van der Waals surface area contributed by atoms with Crippen molar-refractivity contribution in [2.24, 2.45) is 5.73 Å². The Morgan fingerprint density at radius 1 is 1.60 bits per heavy atom. The number of thiophene rings is 1. The highest BCUT2D eigenvalue weighted by atomic mass is 32.2. The van der Waals surface area contributed by atoms with Gasteiger partial charge in [-0.3, -0.25) is 0 Å². The summed E-state index contributed by atoms with van der Waals surface area (Å²) in [7, 11) is 1.74. The Morgan fingerprint density at radius 3 is 2.93 bits per heavy atom. The van der Waals surface area contributed by atoms with Crippen LogP contribution in [0.4, 0.5) is 0 Å². The minimum atomic E-state index is 0.205. The van der Waals surface area contributed by atoms with Crippen molar-refractivity contribution in [2.75, 3.05) is 19.5 Å². The lowest BCUT2D eigenvalue weighted by atomic mass is 10.2. The molecule has 1 heterocycles. The molecule has 1 rings (SSSR count). The molecule has 2 atom stereocenters. The molecule has 0 aliphatic rings. The molecule has 1 aromatic rings. The molecule has 0 saturated heterocycles. The van der Waals surface area contributed by atoms with Gasteiger partial charge in [-0.25, -0.2) is 0 Å². The molecular formula is C11H19NOS2. The third-order valence-corrected chi connectivity index (χ3v) is 4.76. The van der Waals surface area contributed by atoms with Crippen LogP contribution in [0.5, 0.6) is 0 Å². The highest BCUT2D eigenvalue weighted by Gasteiger charge is 2.17. The van der Waals surface area contributed by atoms with Gasteiger partial charge in [0.25, 0.3) is 0 Å². The molecule has 1 aromatic heterocycles. The second-order valence-corrected chi connectivity index (χ2v) is 5.74. The fourth-order valence-electron chi connectivity index (χ4n) is 1.36. The van der Waals surface area contributed by atoms with Gasteiger partial charge in [-0.1, -0.05) is 6.07 Å². The Kier molecular flexibility index (Phi) is 6.32. The van der Waals surface area contributed by atoms with E-state index < -0.39 is 0 Å². The van der Waals surface area contributed by atoms with Gasteiger partial charge in [-0.15, -0.1) is 11.3 Å². The first-order valence-electron chi connectivity index (χ1n) is 5.15. The predicted molar refractivity (Wildman–Crippen MR) is 69.7 cm³/mol. The molecule has 0 bridgehead atoms. The zero-order valence-electron chi connectivity index (χ0n) is 9.31. The maximum absolute atomic E-state index is 6.00. The van der Waals surface area contributed by atoms with Crippen molar-refractivity contribution in [1.82, 2.24) is 0 Å². The van der Waals surface area contributed by atoms with Gasteiger partial charge in [-0.2, -0.15) is 11.8 Å². The molecule has 4 heteroatoms. The molecule has 0 aromatic carbocycles. The molecule has 0 spiro atoms. The number of rotatable bonds is 7. The highest BCUT2D eigenvalue weighted by Crippen LogP contribution is 2.34. The average Bonchev–Trinajstić information content (AvgIpc) is 2.70. The zero-order valence-corrected chi connectivity index (χ0v) is 10.9. The third-order valence-electron chi connectivity index (χ3n) is 2.09. The van der Waals surface area contributed by atoms with Crippen LogP contribution in [0.25, 0.3) is 0 Å². The first-order chi connectivity index (χ1) is 7.25. The van der Waals surface area contributed by atoms with Gasteiger partial charge in [0.1, 0.15) is 0 Å². The summed E-state index contributed by atoms with van der Waals surface area (Å²) in [5.41, 5.74) is 6.00. The summed E-state index contributed by atoms with van der Waals surface area (Å²) in [5, 5.41) is 2.54. The van der Waals surface area contributed by atoms with Crippen LogP contribution in [0.15, 0.2) is 17.5 Å². The first kappa shape index (κ1) is 13.0. The first-order valence-corrected chi connectivity index (χ1v) is 7.08. The molecule has 2 nitrogen and oxygen atoms in total. The van der Waals surface area contributed by atoms with Gasteiger partial charge in [0.2, 0.25) is 0 Å². The number of hydrogen-bond acceptors (Lipinski definition) is 4. The van der Waals surface area contributed by atoms with E-state index in [4.69, 9.17) is 10.5 Å². The van der Waals surface area contributed by atoms with Crippen LogP contribution in [0.1, 0.15) is 23.5 Å². The van der Waals surface area contributed by atoms with Gasteiger partial charge < -0.3 is 10.5 Å². The van der Waals surface area contributed by atoms with E-state index in [0.717, 1.165) is 18.8 Å². The van der Waals surface area contributed by atoms with Crippen molar-refractivity contribution in [3.05, 3.63) is 22.4 Å². The standard InChI is InChI=1S/C11H19NOS2/c1-9(12)11(10-5-3-7-14-10)15-8-4-6-13-2/h3,5,7,9,11H,4,6,8,12H2,1-2H3. The van der Waals surface area contributed by atoms with E-state index >= 15 is 0 Å². The predicted octanol–water partition coefficient (Wildman–Crippen LogP) is 2.91. The molecule has 0 aliphatic heterocycles. The second kappa shape index (κ2) is 7.28. The Morgan fingerprint density at radius 2 is 2.40 bits per heavy atom. The van der Waals surface area contributed by atoms with E-state index in [-0.39, 0.29) is 6.04 Å². The van der Waals surface area contributed by atoms with E-state index in [2.05, 4.69) is 24.4 Å². The van der Waals surface area contributed by atoms with Crippen LogP contribution in [-0.2, 0) is 4.74 Å². The SMILES string of the molecule is COCCCSC(c1cccs1)C(C)N. The second-order valence-electron chi connectivity index (χ2n) is 3.51. The van der Waals surface area contributed by atoms with Crippen LogP contribution in [0.2, 0.25) is 0 Å². The van der Waals surface area contributed by atoms with Gasteiger partial charge in [0, 0.05) is 24.6 Å². The Hall–Kier alpha value is -0.0300. The summed E-state index contributed by atoms with van der Waals surface area (Å²) in [6.45, 7) is 2.91. The van der Waals surface area contributed by atoms with Gasteiger partial charge >= 0.3 is 0 Å².